The summed E-state index contributed by atoms with van der Waals surface area (Å²) >= 11 is 0.0146. The van der Waals surface area contributed by atoms with Crippen molar-refractivity contribution in [1.29, 1.82) is 0 Å². The van der Waals surface area contributed by atoms with Gasteiger partial charge in [-0.15, -0.1) is 17.0 Å². The second-order valence-corrected chi connectivity index (χ2v) is 7.22. The molecular weight excluding hydrogens is 241 g/mol. The van der Waals surface area contributed by atoms with E-state index in [0.717, 1.165) is 0 Å². The molecule has 0 amide bonds. The average Bonchev–Trinajstić information content (AvgIpc) is 1.89. The Hall–Kier alpha value is 1.10. The van der Waals surface area contributed by atoms with E-state index in [1.807, 2.05) is 0 Å². The first kappa shape index (κ1) is 13.7. The van der Waals surface area contributed by atoms with E-state index in [1.165, 1.54) is 25.7 Å². The molecule has 0 saturated heterocycles. The second kappa shape index (κ2) is 12.8. The van der Waals surface area contributed by atoms with Gasteiger partial charge in [-0.1, -0.05) is 0 Å². The third-order valence-electron chi connectivity index (χ3n) is 1.71. The molecule has 60 valence electrons. The zero-order chi connectivity index (χ0) is 6.95. The zero-order valence-corrected chi connectivity index (χ0v) is 12.0. The van der Waals surface area contributed by atoms with E-state index in [4.69, 9.17) is 0 Å². The Morgan fingerprint density at radius 2 is 1.30 bits per heavy atom. The van der Waals surface area contributed by atoms with Crippen LogP contribution in [0.15, 0.2) is 0 Å². The van der Waals surface area contributed by atoms with Crippen LogP contribution in [0.1, 0.15) is 39.5 Å². The zero-order valence-electron chi connectivity index (χ0n) is 7.36. The minimum atomic E-state index is 0. The van der Waals surface area contributed by atoms with Gasteiger partial charge in [-0.05, 0) is 0 Å². The summed E-state index contributed by atoms with van der Waals surface area (Å²) in [5.41, 5.74) is 0. The molecule has 0 heterocycles. The van der Waals surface area contributed by atoms with E-state index in [9.17, 15) is 0 Å². The second-order valence-electron chi connectivity index (χ2n) is 2.77. The monoisotopic (exact) mass is 258 g/mol. The van der Waals surface area contributed by atoms with E-state index in [-0.39, 0.29) is 34.1 Å². The molecule has 0 N–H and O–H groups in total. The van der Waals surface area contributed by atoms with Crippen LogP contribution in [0.25, 0.3) is 0 Å². The fourth-order valence-electron chi connectivity index (χ4n) is 1.03. The summed E-state index contributed by atoms with van der Waals surface area (Å²) in [5.74, 6) is 0. The van der Waals surface area contributed by atoms with Gasteiger partial charge in [0.25, 0.3) is 0 Å². The van der Waals surface area contributed by atoms with E-state index in [1.54, 1.807) is 10.0 Å². The predicted octanol–water partition coefficient (Wildman–Crippen LogP) is 4.08. The molecule has 0 saturated carbocycles. The Balaban J connectivity index is 0. The van der Waals surface area contributed by atoms with Crippen molar-refractivity contribution >= 4 is 17.0 Å². The van der Waals surface area contributed by atoms with Gasteiger partial charge in [0.05, 0.1) is 0 Å². The van der Waals surface area contributed by atoms with Crippen LogP contribution in [0.3, 0.4) is 0 Å². The summed E-state index contributed by atoms with van der Waals surface area (Å²) < 4.78 is 0. The predicted molar refractivity (Wildman–Crippen MR) is 49.8 cm³/mol. The molecule has 0 atom stereocenters. The third kappa shape index (κ3) is 11.8. The molecule has 0 aromatic heterocycles. The van der Waals surface area contributed by atoms with Crippen molar-refractivity contribution in [1.82, 2.24) is 0 Å². The normalized spacial score (nSPS) is 8.20. The van der Waals surface area contributed by atoms with Gasteiger partial charge in [0, 0.05) is 0 Å². The molecule has 0 fully saturated rings. The van der Waals surface area contributed by atoms with Crippen molar-refractivity contribution in [3.05, 3.63) is 0 Å². The van der Waals surface area contributed by atoms with Crippen LogP contribution in [0.5, 0.6) is 0 Å². The fourth-order valence-corrected chi connectivity index (χ4v) is 5.35. The molecule has 2 heteroatoms. The topological polar surface area (TPSA) is 0 Å². The summed E-state index contributed by atoms with van der Waals surface area (Å²) in [7, 11) is 0. The van der Waals surface area contributed by atoms with Gasteiger partial charge < -0.3 is 0 Å². The maximum absolute atomic E-state index is 2.29. The van der Waals surface area contributed by atoms with Crippen LogP contribution >= 0.6 is 17.0 Å². The van der Waals surface area contributed by atoms with Crippen molar-refractivity contribution in [2.75, 3.05) is 0 Å². The molecule has 0 bridgehead atoms. The van der Waals surface area contributed by atoms with Gasteiger partial charge in [-0.2, -0.15) is 0 Å². The molecular formula is C8H19BrZn. The first-order valence-corrected chi connectivity index (χ1v) is 8.61. The first-order valence-electron chi connectivity index (χ1n) is 4.41. The van der Waals surface area contributed by atoms with Gasteiger partial charge in [0.2, 0.25) is 0 Å². The standard InChI is InChI=1S/2C4H9.BrH.Zn/c2*1-3-4-2;;/h2*1,3-4H2,2H3;1H;. The molecule has 0 spiro atoms. The number of halogens is 1. The summed E-state index contributed by atoms with van der Waals surface area (Å²) in [6.45, 7) is 4.59. The molecule has 10 heavy (non-hydrogen) atoms. The maximum atomic E-state index is 2.29. The Morgan fingerprint density at radius 1 is 0.900 bits per heavy atom. The fraction of sp³-hybridized carbons (Fsp3) is 1.00. The van der Waals surface area contributed by atoms with Crippen molar-refractivity contribution in [3.63, 3.8) is 0 Å². The van der Waals surface area contributed by atoms with Crippen LogP contribution in [-0.2, 0) is 17.1 Å². The summed E-state index contributed by atoms with van der Waals surface area (Å²) in [6.07, 6.45) is 5.86. The molecule has 0 aliphatic rings. The van der Waals surface area contributed by atoms with E-state index >= 15 is 0 Å². The van der Waals surface area contributed by atoms with Crippen molar-refractivity contribution < 1.29 is 17.1 Å². The van der Waals surface area contributed by atoms with Crippen molar-refractivity contribution in [2.24, 2.45) is 0 Å². The summed E-state index contributed by atoms with van der Waals surface area (Å²) in [4.78, 5) is 0. The Bertz CT molecular complexity index is 42.5. The van der Waals surface area contributed by atoms with Gasteiger partial charge in [0.1, 0.15) is 0 Å². The Morgan fingerprint density at radius 3 is 1.60 bits per heavy atom. The van der Waals surface area contributed by atoms with Gasteiger partial charge in [0.15, 0.2) is 0 Å². The van der Waals surface area contributed by atoms with Crippen LogP contribution < -0.4 is 0 Å². The van der Waals surface area contributed by atoms with Crippen LogP contribution in [0.4, 0.5) is 0 Å². The molecule has 0 aromatic rings. The molecule has 0 radical (unpaired) electrons. The SMILES string of the molecule is Br.CCC[CH2][Zn][CH2]CCC. The van der Waals surface area contributed by atoms with Crippen molar-refractivity contribution in [2.45, 2.75) is 49.6 Å². The summed E-state index contributed by atoms with van der Waals surface area (Å²) in [6, 6.07) is 0. The number of hydrogen-bond acceptors (Lipinski definition) is 0. The molecule has 0 aromatic carbocycles. The quantitative estimate of drug-likeness (QED) is 0.498. The molecule has 0 aliphatic carbocycles. The van der Waals surface area contributed by atoms with Crippen LogP contribution in [-0.4, -0.2) is 0 Å². The van der Waals surface area contributed by atoms with E-state index in [2.05, 4.69) is 13.8 Å². The Labute approximate surface area is 83.5 Å². The van der Waals surface area contributed by atoms with Gasteiger partial charge in [-0.3, -0.25) is 0 Å². The molecule has 0 unspecified atom stereocenters. The number of hydrogen-bond donors (Lipinski definition) is 0. The molecule has 0 nitrogen and oxygen atoms in total. The molecule has 0 aliphatic heterocycles. The third-order valence-corrected chi connectivity index (χ3v) is 5.90. The van der Waals surface area contributed by atoms with Gasteiger partial charge in [-0.25, -0.2) is 0 Å². The van der Waals surface area contributed by atoms with Crippen LogP contribution in [0.2, 0.25) is 10.0 Å². The summed E-state index contributed by atoms with van der Waals surface area (Å²) in [5, 5.41) is 3.28. The van der Waals surface area contributed by atoms with E-state index < -0.39 is 0 Å². The minimum absolute atomic E-state index is 0. The number of unbranched alkanes of at least 4 members (excludes halogenated alkanes) is 2. The van der Waals surface area contributed by atoms with E-state index in [0.29, 0.717) is 0 Å². The first-order chi connectivity index (χ1) is 4.41. The van der Waals surface area contributed by atoms with Crippen molar-refractivity contribution in [3.8, 4) is 0 Å². The molecule has 0 rings (SSSR count). The average molecular weight is 261 g/mol. The van der Waals surface area contributed by atoms with Crippen LogP contribution in [0, 0.1) is 0 Å². The van der Waals surface area contributed by atoms with Gasteiger partial charge >= 0.3 is 66.7 Å². The Kier molecular flexibility index (Phi) is 17.4. The number of rotatable bonds is 6.